The van der Waals surface area contributed by atoms with Crippen molar-refractivity contribution >= 4 is 11.7 Å². The molecule has 1 aromatic carbocycles. The highest BCUT2D eigenvalue weighted by atomic mass is 16.5. The third kappa shape index (κ3) is 3.68. The van der Waals surface area contributed by atoms with Gasteiger partial charge in [0, 0.05) is 0 Å². The summed E-state index contributed by atoms with van der Waals surface area (Å²) in [5, 5.41) is 12.3. The largest absolute Gasteiger partial charge is 0.452 e. The van der Waals surface area contributed by atoms with E-state index in [0.717, 1.165) is 12.8 Å². The third-order valence-corrected chi connectivity index (χ3v) is 3.09. The van der Waals surface area contributed by atoms with E-state index in [2.05, 4.69) is 17.3 Å². The Kier molecular flexibility index (Phi) is 4.72. The fourth-order valence-corrected chi connectivity index (χ4v) is 2.05. The van der Waals surface area contributed by atoms with Gasteiger partial charge in [0.1, 0.15) is 6.10 Å². The van der Waals surface area contributed by atoms with Gasteiger partial charge in [0.2, 0.25) is 0 Å². The Labute approximate surface area is 112 Å². The van der Waals surface area contributed by atoms with Crippen molar-refractivity contribution in [3.05, 3.63) is 48.0 Å². The Balaban J connectivity index is 2.07. The van der Waals surface area contributed by atoms with E-state index in [1.54, 1.807) is 24.3 Å². The van der Waals surface area contributed by atoms with Gasteiger partial charge in [0.25, 0.3) is 0 Å². The molecule has 0 amide bonds. The lowest BCUT2D eigenvalue weighted by Gasteiger charge is -2.19. The maximum Gasteiger partial charge on any atom is 0.338 e. The number of rotatable bonds is 2. The van der Waals surface area contributed by atoms with E-state index in [0.29, 0.717) is 24.1 Å². The second-order valence-electron chi connectivity index (χ2n) is 4.44. The van der Waals surface area contributed by atoms with Gasteiger partial charge in [-0.2, -0.15) is 0 Å². The first kappa shape index (κ1) is 13.3. The van der Waals surface area contributed by atoms with Crippen LogP contribution >= 0.6 is 0 Å². The Morgan fingerprint density at radius 1 is 1.21 bits per heavy atom. The first-order chi connectivity index (χ1) is 9.31. The van der Waals surface area contributed by atoms with Crippen LogP contribution in [0.2, 0.25) is 0 Å². The van der Waals surface area contributed by atoms with E-state index in [9.17, 15) is 4.79 Å². The van der Waals surface area contributed by atoms with Gasteiger partial charge in [-0.15, -0.1) is 0 Å². The monoisotopic (exact) mass is 259 g/mol. The van der Waals surface area contributed by atoms with Crippen molar-refractivity contribution < 1.29 is 14.7 Å². The summed E-state index contributed by atoms with van der Waals surface area (Å²) >= 11 is 0. The second-order valence-corrected chi connectivity index (χ2v) is 4.44. The number of carbonyl (C=O) groups excluding carboxylic acids is 1. The molecule has 0 aromatic heterocycles. The zero-order chi connectivity index (χ0) is 13.5. The van der Waals surface area contributed by atoms with E-state index < -0.39 is 6.10 Å². The molecule has 1 aliphatic carbocycles. The van der Waals surface area contributed by atoms with E-state index in [1.165, 1.54) is 0 Å². The van der Waals surface area contributed by atoms with Crippen LogP contribution in [0.1, 0.15) is 36.0 Å². The molecule has 2 rings (SSSR count). The van der Waals surface area contributed by atoms with Crippen LogP contribution in [-0.2, 0) is 4.74 Å². The highest BCUT2D eigenvalue weighted by Gasteiger charge is 2.22. The van der Waals surface area contributed by atoms with Crippen molar-refractivity contribution in [3.63, 3.8) is 0 Å². The maximum absolute atomic E-state index is 12.0. The molecule has 1 unspecified atom stereocenters. The van der Waals surface area contributed by atoms with E-state index in [4.69, 9.17) is 9.94 Å². The molecule has 1 aromatic rings. The van der Waals surface area contributed by atoms with Crippen LogP contribution < -0.4 is 0 Å². The fourth-order valence-electron chi connectivity index (χ4n) is 2.05. The Morgan fingerprint density at radius 3 is 2.68 bits per heavy atom. The Hall–Kier alpha value is -2.10. The van der Waals surface area contributed by atoms with Crippen LogP contribution in [0.4, 0.5) is 0 Å². The van der Waals surface area contributed by atoms with Crippen LogP contribution in [0.3, 0.4) is 0 Å². The van der Waals surface area contributed by atoms with Crippen molar-refractivity contribution in [2.75, 3.05) is 0 Å². The molecule has 0 bridgehead atoms. The number of esters is 1. The molecule has 0 fully saturated rings. The highest BCUT2D eigenvalue weighted by Crippen LogP contribution is 2.15. The molecule has 1 N–H and O–H groups in total. The summed E-state index contributed by atoms with van der Waals surface area (Å²) < 4.78 is 5.45. The molecule has 0 aliphatic heterocycles. The number of hydrogen-bond acceptors (Lipinski definition) is 4. The molecular weight excluding hydrogens is 242 g/mol. The second kappa shape index (κ2) is 6.73. The molecule has 0 spiro atoms. The molecule has 4 nitrogen and oxygen atoms in total. The minimum Gasteiger partial charge on any atom is -0.452 e. The van der Waals surface area contributed by atoms with Crippen LogP contribution in [0.5, 0.6) is 0 Å². The van der Waals surface area contributed by atoms with Crippen molar-refractivity contribution in [3.8, 4) is 0 Å². The molecule has 1 aliphatic rings. The van der Waals surface area contributed by atoms with Gasteiger partial charge < -0.3 is 9.94 Å². The first-order valence-electron chi connectivity index (χ1n) is 6.43. The molecule has 0 heterocycles. The number of allylic oxidation sites excluding steroid dienone is 2. The first-order valence-corrected chi connectivity index (χ1v) is 6.43. The maximum atomic E-state index is 12.0. The smallest absolute Gasteiger partial charge is 0.338 e. The molecular formula is C15H17NO3. The third-order valence-electron chi connectivity index (χ3n) is 3.09. The molecule has 1 atom stereocenters. The van der Waals surface area contributed by atoms with Gasteiger partial charge in [-0.1, -0.05) is 35.5 Å². The van der Waals surface area contributed by atoms with Crippen molar-refractivity contribution in [1.29, 1.82) is 0 Å². The molecule has 0 radical (unpaired) electrons. The standard InChI is InChI=1S/C15H17NO3/c17-15(12-8-4-3-5-9-12)19-14-11-7-2-1-6-10-13(14)16-18/h1-5,8-9,14,18H,6-7,10-11H2. The minimum absolute atomic E-state index is 0.378. The lowest BCUT2D eigenvalue weighted by molar-refractivity contribution is 0.0406. The van der Waals surface area contributed by atoms with Crippen LogP contribution in [0, 0.1) is 0 Å². The predicted molar refractivity (Wildman–Crippen MR) is 72.5 cm³/mol. The SMILES string of the molecule is O=C(OC1CCC=CCCC1=NO)c1ccccc1. The summed E-state index contributed by atoms with van der Waals surface area (Å²) in [6, 6.07) is 8.84. The summed E-state index contributed by atoms with van der Waals surface area (Å²) in [7, 11) is 0. The highest BCUT2D eigenvalue weighted by molar-refractivity contribution is 5.94. The quantitative estimate of drug-likeness (QED) is 0.384. The number of nitrogens with zero attached hydrogens (tertiary/aromatic N) is 1. The average molecular weight is 259 g/mol. The van der Waals surface area contributed by atoms with Gasteiger partial charge in [-0.3, -0.25) is 0 Å². The molecule has 0 saturated carbocycles. The molecule has 4 heteroatoms. The van der Waals surface area contributed by atoms with Crippen LogP contribution in [0.25, 0.3) is 0 Å². The van der Waals surface area contributed by atoms with E-state index in [-0.39, 0.29) is 5.97 Å². The summed E-state index contributed by atoms with van der Waals surface area (Å²) in [5.41, 5.74) is 1.05. The number of ether oxygens (including phenoxy) is 1. The van der Waals surface area contributed by atoms with Crippen LogP contribution in [-0.4, -0.2) is 23.0 Å². The summed E-state index contributed by atoms with van der Waals surface area (Å²) in [4.78, 5) is 12.0. The van der Waals surface area contributed by atoms with E-state index in [1.807, 2.05) is 6.07 Å². The topological polar surface area (TPSA) is 58.9 Å². The zero-order valence-corrected chi connectivity index (χ0v) is 10.7. The van der Waals surface area contributed by atoms with Gasteiger partial charge in [-0.05, 0) is 37.8 Å². The number of carbonyl (C=O) groups is 1. The lowest BCUT2D eigenvalue weighted by atomic mass is 10.0. The summed E-state index contributed by atoms with van der Waals surface area (Å²) in [5.74, 6) is -0.378. The van der Waals surface area contributed by atoms with Crippen LogP contribution in [0.15, 0.2) is 47.6 Å². The summed E-state index contributed by atoms with van der Waals surface area (Å²) in [6.07, 6.45) is 6.55. The lowest BCUT2D eigenvalue weighted by Crippen LogP contribution is -2.28. The predicted octanol–water partition coefficient (Wildman–Crippen LogP) is 3.17. The fraction of sp³-hybridized carbons (Fsp3) is 0.333. The van der Waals surface area contributed by atoms with Gasteiger partial charge in [0.15, 0.2) is 0 Å². The van der Waals surface area contributed by atoms with Gasteiger partial charge in [0.05, 0.1) is 11.3 Å². The average Bonchev–Trinajstić information content (AvgIpc) is 2.43. The number of hydrogen-bond donors (Lipinski definition) is 1. The Morgan fingerprint density at radius 2 is 1.95 bits per heavy atom. The number of oxime groups is 1. The summed E-state index contributed by atoms with van der Waals surface area (Å²) in [6.45, 7) is 0. The zero-order valence-electron chi connectivity index (χ0n) is 10.7. The van der Waals surface area contributed by atoms with Gasteiger partial charge >= 0.3 is 5.97 Å². The Bertz CT molecular complexity index is 479. The van der Waals surface area contributed by atoms with Crippen molar-refractivity contribution in [1.82, 2.24) is 0 Å². The number of benzene rings is 1. The molecule has 0 saturated heterocycles. The van der Waals surface area contributed by atoms with Crippen molar-refractivity contribution in [2.24, 2.45) is 5.16 Å². The van der Waals surface area contributed by atoms with Gasteiger partial charge in [-0.25, -0.2) is 4.79 Å². The minimum atomic E-state index is -0.442. The normalized spacial score (nSPS) is 21.7. The van der Waals surface area contributed by atoms with E-state index >= 15 is 0 Å². The molecule has 19 heavy (non-hydrogen) atoms. The van der Waals surface area contributed by atoms with Crippen molar-refractivity contribution in [2.45, 2.75) is 31.8 Å². The molecule has 100 valence electrons.